The lowest BCUT2D eigenvalue weighted by Gasteiger charge is -2.61. The van der Waals surface area contributed by atoms with Gasteiger partial charge < -0.3 is 9.47 Å². The van der Waals surface area contributed by atoms with Crippen LogP contribution in [0.4, 0.5) is 0 Å². The number of carbonyl (C=O) groups is 2. The fourth-order valence-corrected chi connectivity index (χ4v) is 2.81. The molecule has 4 heteroatoms. The first kappa shape index (κ1) is 8.26. The molecule has 0 unspecified atom stereocenters. The lowest BCUT2D eigenvalue weighted by molar-refractivity contribution is -0.346. The number of ether oxygens (including phenoxy) is 2. The van der Waals surface area contributed by atoms with Crippen LogP contribution in [-0.2, 0) is 19.1 Å². The Labute approximate surface area is 81.6 Å². The molecule has 1 heterocycles. The molecule has 14 heavy (non-hydrogen) atoms. The normalized spacial score (nSPS) is 31.7. The molecular weight excluding hydrogens is 184 g/mol. The molecule has 1 aliphatic heterocycles. The van der Waals surface area contributed by atoms with Crippen LogP contribution < -0.4 is 0 Å². The standard InChI is InChI=1S/C10H12O4/c11-7-6-8(12)14-10(13-7)5-4-9(10)2-1-3-9/h1-6H2. The van der Waals surface area contributed by atoms with Crippen LogP contribution in [0, 0.1) is 5.41 Å². The molecule has 76 valence electrons. The van der Waals surface area contributed by atoms with Crippen molar-refractivity contribution in [3.8, 4) is 0 Å². The van der Waals surface area contributed by atoms with Crippen molar-refractivity contribution in [2.45, 2.75) is 44.3 Å². The second-order valence-corrected chi connectivity index (χ2v) is 4.51. The van der Waals surface area contributed by atoms with Gasteiger partial charge in [0.25, 0.3) is 5.79 Å². The molecule has 3 rings (SSSR count). The maximum absolute atomic E-state index is 11.2. The van der Waals surface area contributed by atoms with Crippen molar-refractivity contribution < 1.29 is 19.1 Å². The van der Waals surface area contributed by atoms with E-state index in [1.54, 1.807) is 0 Å². The summed E-state index contributed by atoms with van der Waals surface area (Å²) in [5, 5.41) is 0. The Hall–Kier alpha value is -1.06. The Morgan fingerprint density at radius 1 is 0.929 bits per heavy atom. The largest absolute Gasteiger partial charge is 0.421 e. The molecule has 2 aliphatic carbocycles. The van der Waals surface area contributed by atoms with Gasteiger partial charge in [-0.25, -0.2) is 0 Å². The summed E-state index contributed by atoms with van der Waals surface area (Å²) in [6.07, 6.45) is 4.67. The second-order valence-electron chi connectivity index (χ2n) is 4.51. The van der Waals surface area contributed by atoms with Gasteiger partial charge in [0.15, 0.2) is 0 Å². The van der Waals surface area contributed by atoms with E-state index in [2.05, 4.69) is 0 Å². The number of carbonyl (C=O) groups excluding carboxylic acids is 2. The van der Waals surface area contributed by atoms with Gasteiger partial charge in [-0.2, -0.15) is 0 Å². The second kappa shape index (κ2) is 2.30. The van der Waals surface area contributed by atoms with Gasteiger partial charge in [-0.15, -0.1) is 0 Å². The lowest BCUT2D eigenvalue weighted by Crippen LogP contribution is -2.66. The van der Waals surface area contributed by atoms with Crippen LogP contribution in [0.3, 0.4) is 0 Å². The molecule has 0 bridgehead atoms. The zero-order valence-corrected chi connectivity index (χ0v) is 7.88. The smallest absolute Gasteiger partial charge is 0.320 e. The zero-order valence-electron chi connectivity index (χ0n) is 7.88. The van der Waals surface area contributed by atoms with Crippen LogP contribution in [0.5, 0.6) is 0 Å². The van der Waals surface area contributed by atoms with Crippen LogP contribution in [0.15, 0.2) is 0 Å². The Kier molecular flexibility index (Phi) is 1.36. The third-order valence-corrected chi connectivity index (χ3v) is 3.90. The van der Waals surface area contributed by atoms with E-state index >= 15 is 0 Å². The van der Waals surface area contributed by atoms with Gasteiger partial charge in [-0.05, 0) is 19.3 Å². The highest BCUT2D eigenvalue weighted by Gasteiger charge is 2.68. The number of esters is 2. The summed E-state index contributed by atoms with van der Waals surface area (Å²) in [7, 11) is 0. The highest BCUT2D eigenvalue weighted by molar-refractivity contribution is 5.93. The monoisotopic (exact) mass is 196 g/mol. The molecule has 1 saturated heterocycles. The molecular formula is C10H12O4. The summed E-state index contributed by atoms with van der Waals surface area (Å²) in [5.41, 5.74) is -0.0151. The van der Waals surface area contributed by atoms with Crippen molar-refractivity contribution in [3.63, 3.8) is 0 Å². The van der Waals surface area contributed by atoms with Gasteiger partial charge in [-0.3, -0.25) is 9.59 Å². The van der Waals surface area contributed by atoms with Crippen LogP contribution in [0.25, 0.3) is 0 Å². The summed E-state index contributed by atoms with van der Waals surface area (Å²) in [6.45, 7) is 0. The minimum Gasteiger partial charge on any atom is -0.421 e. The Balaban J connectivity index is 1.88. The van der Waals surface area contributed by atoms with E-state index in [1.807, 2.05) is 0 Å². The first-order chi connectivity index (χ1) is 6.66. The Morgan fingerprint density at radius 3 is 1.93 bits per heavy atom. The van der Waals surface area contributed by atoms with Crippen LogP contribution in [0.1, 0.15) is 38.5 Å². The Morgan fingerprint density at radius 2 is 1.57 bits per heavy atom. The van der Waals surface area contributed by atoms with Crippen molar-refractivity contribution in [3.05, 3.63) is 0 Å². The summed E-state index contributed by atoms with van der Waals surface area (Å²) in [5.74, 6) is -1.71. The Bertz CT molecular complexity index is 295. The van der Waals surface area contributed by atoms with Gasteiger partial charge in [-0.1, -0.05) is 6.42 Å². The number of hydrogen-bond donors (Lipinski definition) is 0. The zero-order chi connectivity index (χ0) is 9.81. The highest BCUT2D eigenvalue weighted by atomic mass is 16.7. The van der Waals surface area contributed by atoms with Gasteiger partial charge in [0.1, 0.15) is 6.42 Å². The number of fused-ring (bicyclic) bond motifs is 1. The minimum atomic E-state index is -0.863. The average Bonchev–Trinajstić information content (AvgIpc) is 1.97. The van der Waals surface area contributed by atoms with E-state index in [1.165, 1.54) is 0 Å². The quantitative estimate of drug-likeness (QED) is 0.430. The van der Waals surface area contributed by atoms with Crippen molar-refractivity contribution in [1.29, 1.82) is 0 Å². The fraction of sp³-hybridized carbons (Fsp3) is 0.800. The molecule has 3 fully saturated rings. The molecule has 0 aromatic carbocycles. The summed E-state index contributed by atoms with van der Waals surface area (Å²) in [4.78, 5) is 22.4. The van der Waals surface area contributed by atoms with Gasteiger partial charge >= 0.3 is 11.9 Å². The number of hydrogen-bond acceptors (Lipinski definition) is 4. The van der Waals surface area contributed by atoms with Gasteiger partial charge in [0.05, 0.1) is 0 Å². The fourth-order valence-electron chi connectivity index (χ4n) is 2.81. The van der Waals surface area contributed by atoms with Crippen molar-refractivity contribution in [2.75, 3.05) is 0 Å². The predicted octanol–water partition coefficient (Wildman–Crippen LogP) is 1.14. The lowest BCUT2D eigenvalue weighted by atomic mass is 9.51. The molecule has 0 aromatic heterocycles. The van der Waals surface area contributed by atoms with Crippen LogP contribution in [0.2, 0.25) is 0 Å². The van der Waals surface area contributed by atoms with Gasteiger partial charge in [0.2, 0.25) is 0 Å². The average molecular weight is 196 g/mol. The molecule has 3 aliphatic rings. The van der Waals surface area contributed by atoms with Crippen molar-refractivity contribution in [1.82, 2.24) is 0 Å². The van der Waals surface area contributed by atoms with Crippen molar-refractivity contribution >= 4 is 11.9 Å². The first-order valence-electron chi connectivity index (χ1n) is 5.10. The third-order valence-electron chi connectivity index (χ3n) is 3.90. The van der Waals surface area contributed by atoms with E-state index < -0.39 is 17.7 Å². The summed E-state index contributed by atoms with van der Waals surface area (Å²) in [6, 6.07) is 0. The van der Waals surface area contributed by atoms with E-state index in [9.17, 15) is 9.59 Å². The topological polar surface area (TPSA) is 52.6 Å². The molecule has 4 nitrogen and oxygen atoms in total. The predicted molar refractivity (Wildman–Crippen MR) is 45.1 cm³/mol. The van der Waals surface area contributed by atoms with E-state index in [4.69, 9.17) is 9.47 Å². The highest BCUT2D eigenvalue weighted by Crippen LogP contribution is 2.64. The number of rotatable bonds is 0. The van der Waals surface area contributed by atoms with E-state index in [-0.39, 0.29) is 11.8 Å². The molecule has 0 amide bonds. The molecule has 0 radical (unpaired) electrons. The molecule has 0 N–H and O–H groups in total. The summed E-state index contributed by atoms with van der Waals surface area (Å²) >= 11 is 0. The molecule has 2 saturated carbocycles. The van der Waals surface area contributed by atoms with Crippen molar-refractivity contribution in [2.24, 2.45) is 5.41 Å². The maximum atomic E-state index is 11.2. The van der Waals surface area contributed by atoms with E-state index in [0.717, 1.165) is 25.7 Å². The van der Waals surface area contributed by atoms with Gasteiger partial charge in [0, 0.05) is 11.8 Å². The summed E-state index contributed by atoms with van der Waals surface area (Å²) < 4.78 is 10.5. The van der Waals surface area contributed by atoms with Crippen LogP contribution in [-0.4, -0.2) is 17.7 Å². The SMILES string of the molecule is O=C1CC(=O)OC2(CCC23CCC3)O1. The molecule has 0 aromatic rings. The molecule has 2 spiro atoms. The minimum absolute atomic E-state index is 0.0151. The molecule has 0 atom stereocenters. The van der Waals surface area contributed by atoms with Crippen LogP contribution >= 0.6 is 0 Å². The third kappa shape index (κ3) is 0.792. The van der Waals surface area contributed by atoms with E-state index in [0.29, 0.717) is 6.42 Å². The maximum Gasteiger partial charge on any atom is 0.320 e. The first-order valence-corrected chi connectivity index (χ1v) is 5.10.